The first-order chi connectivity index (χ1) is 9.12. The number of aliphatic hydroxyl groups is 1. The summed E-state index contributed by atoms with van der Waals surface area (Å²) < 4.78 is 45.0. The maximum absolute atomic E-state index is 13.2. The van der Waals surface area contributed by atoms with Gasteiger partial charge in [-0.2, -0.15) is 13.2 Å². The Labute approximate surface area is 115 Å². The van der Waals surface area contributed by atoms with E-state index >= 15 is 0 Å². The summed E-state index contributed by atoms with van der Waals surface area (Å²) in [5.41, 5.74) is 1.92. The molecule has 1 rings (SSSR count). The third-order valence-electron chi connectivity index (χ3n) is 2.93. The lowest BCUT2D eigenvalue weighted by molar-refractivity contribution is -0.274. The summed E-state index contributed by atoms with van der Waals surface area (Å²) in [6, 6.07) is -0.366. The minimum Gasteiger partial charge on any atom is -0.489 e. The summed E-state index contributed by atoms with van der Waals surface area (Å²) in [7, 11) is 0. The van der Waals surface area contributed by atoms with Crippen LogP contribution in [0.25, 0.3) is 0 Å². The molecule has 4 nitrogen and oxygen atoms in total. The molecular weight excluding hydrogens is 273 g/mol. The van der Waals surface area contributed by atoms with Crippen LogP contribution in [-0.4, -0.2) is 28.4 Å². The molecule has 0 aliphatic rings. The first kappa shape index (κ1) is 16.7. The molecule has 0 aliphatic heterocycles. The average Bonchev–Trinajstić information content (AvgIpc) is 2.35. The Bertz CT molecular complexity index is 451. The van der Waals surface area contributed by atoms with Gasteiger partial charge >= 0.3 is 6.18 Å². The van der Waals surface area contributed by atoms with Crippen LogP contribution in [0.4, 0.5) is 13.2 Å². The van der Waals surface area contributed by atoms with E-state index in [1.807, 2.05) is 0 Å². The molecule has 0 saturated carbocycles. The number of pyridine rings is 1. The summed E-state index contributed by atoms with van der Waals surface area (Å²) >= 11 is 0. The van der Waals surface area contributed by atoms with Gasteiger partial charge in [0.1, 0.15) is 5.75 Å². The molecule has 0 spiro atoms. The lowest BCUT2D eigenvalue weighted by Gasteiger charge is -2.35. The molecule has 0 amide bonds. The minimum atomic E-state index is -4.90. The molecular formula is C13H19F3N2O2. The van der Waals surface area contributed by atoms with Gasteiger partial charge in [0.05, 0.1) is 12.3 Å². The third-order valence-corrected chi connectivity index (χ3v) is 2.93. The highest BCUT2D eigenvalue weighted by Crippen LogP contribution is 2.42. The molecule has 7 heteroatoms. The standard InChI is InChI=1S/C13H19F3N2O2/c1-4-11(17)12(19,13(14,15)16)9-5-10(7-18-6-9)20-8(2)3/h5-8,11,19H,4,17H2,1-3H3. The molecule has 114 valence electrons. The van der Waals surface area contributed by atoms with E-state index in [4.69, 9.17) is 10.5 Å². The van der Waals surface area contributed by atoms with Crippen LogP contribution in [0.5, 0.6) is 5.75 Å². The molecule has 0 aromatic carbocycles. The first-order valence-corrected chi connectivity index (χ1v) is 6.29. The van der Waals surface area contributed by atoms with E-state index in [0.29, 0.717) is 0 Å². The van der Waals surface area contributed by atoms with E-state index in [1.165, 1.54) is 13.1 Å². The second-order valence-electron chi connectivity index (χ2n) is 4.85. The van der Waals surface area contributed by atoms with Gasteiger partial charge in [0.15, 0.2) is 0 Å². The van der Waals surface area contributed by atoms with Crippen molar-refractivity contribution in [1.29, 1.82) is 0 Å². The summed E-state index contributed by atoms with van der Waals surface area (Å²) in [6.07, 6.45) is -2.91. The molecule has 0 aliphatic carbocycles. The van der Waals surface area contributed by atoms with Crippen LogP contribution < -0.4 is 10.5 Å². The Morgan fingerprint density at radius 3 is 2.40 bits per heavy atom. The van der Waals surface area contributed by atoms with Crippen LogP contribution in [-0.2, 0) is 5.60 Å². The van der Waals surface area contributed by atoms with Crippen molar-refractivity contribution in [1.82, 2.24) is 4.98 Å². The second-order valence-corrected chi connectivity index (χ2v) is 4.85. The Kier molecular flexibility index (Phi) is 4.99. The van der Waals surface area contributed by atoms with Gasteiger partial charge in [-0.05, 0) is 26.3 Å². The normalized spacial score (nSPS) is 16.9. The minimum absolute atomic E-state index is 0.0364. The molecule has 3 N–H and O–H groups in total. The third kappa shape index (κ3) is 3.21. The van der Waals surface area contributed by atoms with Gasteiger partial charge in [-0.1, -0.05) is 6.92 Å². The van der Waals surface area contributed by atoms with Gasteiger partial charge in [0, 0.05) is 17.8 Å². The van der Waals surface area contributed by atoms with Crippen LogP contribution in [0.2, 0.25) is 0 Å². The van der Waals surface area contributed by atoms with E-state index in [2.05, 4.69) is 4.98 Å². The van der Waals surface area contributed by atoms with E-state index in [-0.39, 0.29) is 18.3 Å². The maximum atomic E-state index is 13.2. The van der Waals surface area contributed by atoms with Crippen molar-refractivity contribution in [2.24, 2.45) is 5.73 Å². The van der Waals surface area contributed by atoms with Crippen molar-refractivity contribution in [2.45, 2.75) is 51.1 Å². The smallest absolute Gasteiger partial charge is 0.423 e. The molecule has 0 radical (unpaired) electrons. The van der Waals surface area contributed by atoms with Gasteiger partial charge in [0.25, 0.3) is 0 Å². The first-order valence-electron chi connectivity index (χ1n) is 6.29. The SMILES string of the molecule is CCC(N)C(O)(c1cncc(OC(C)C)c1)C(F)(F)F. The Morgan fingerprint density at radius 2 is 1.95 bits per heavy atom. The summed E-state index contributed by atoms with van der Waals surface area (Å²) in [5.74, 6) is 0.156. The van der Waals surface area contributed by atoms with E-state index in [1.54, 1.807) is 13.8 Å². The average molecular weight is 292 g/mol. The highest BCUT2D eigenvalue weighted by Gasteiger charge is 2.58. The lowest BCUT2D eigenvalue weighted by Crippen LogP contribution is -2.55. The molecule has 1 aromatic rings. The van der Waals surface area contributed by atoms with Crippen LogP contribution in [0, 0.1) is 0 Å². The molecule has 0 saturated heterocycles. The molecule has 1 heterocycles. The number of hydrogen-bond acceptors (Lipinski definition) is 4. The fourth-order valence-electron chi connectivity index (χ4n) is 1.85. The van der Waals surface area contributed by atoms with E-state index in [0.717, 1.165) is 12.3 Å². The predicted molar refractivity (Wildman–Crippen MR) is 68.2 cm³/mol. The van der Waals surface area contributed by atoms with Gasteiger partial charge < -0.3 is 15.6 Å². The number of alkyl halides is 3. The Hall–Kier alpha value is -1.34. The van der Waals surface area contributed by atoms with Crippen molar-refractivity contribution in [3.8, 4) is 5.75 Å². The molecule has 2 unspecified atom stereocenters. The zero-order valence-electron chi connectivity index (χ0n) is 11.6. The predicted octanol–water partition coefficient (Wildman–Crippen LogP) is 2.36. The molecule has 0 bridgehead atoms. The van der Waals surface area contributed by atoms with Gasteiger partial charge in [0.2, 0.25) is 5.60 Å². The fraction of sp³-hybridized carbons (Fsp3) is 0.615. The highest BCUT2D eigenvalue weighted by molar-refractivity contribution is 5.31. The second kappa shape index (κ2) is 5.97. The van der Waals surface area contributed by atoms with Crippen LogP contribution in [0.1, 0.15) is 32.8 Å². The number of nitrogens with two attached hydrogens (primary N) is 1. The number of nitrogens with zero attached hydrogens (tertiary/aromatic N) is 1. The van der Waals surface area contributed by atoms with Gasteiger partial charge in [-0.15, -0.1) is 0 Å². The Balaban J connectivity index is 3.29. The van der Waals surface area contributed by atoms with Crippen molar-refractivity contribution < 1.29 is 23.0 Å². The van der Waals surface area contributed by atoms with Crippen LogP contribution in [0.3, 0.4) is 0 Å². The molecule has 1 aromatic heterocycles. The number of ether oxygens (including phenoxy) is 1. The maximum Gasteiger partial charge on any atom is 0.423 e. The van der Waals surface area contributed by atoms with Crippen LogP contribution >= 0.6 is 0 Å². The quantitative estimate of drug-likeness (QED) is 0.874. The molecule has 0 fully saturated rings. The van der Waals surface area contributed by atoms with Gasteiger partial charge in [-0.25, -0.2) is 0 Å². The fourth-order valence-corrected chi connectivity index (χ4v) is 1.85. The van der Waals surface area contributed by atoms with Crippen molar-refractivity contribution in [2.75, 3.05) is 0 Å². The molecule has 2 atom stereocenters. The van der Waals surface area contributed by atoms with Gasteiger partial charge in [-0.3, -0.25) is 4.98 Å². The number of hydrogen-bond donors (Lipinski definition) is 2. The Morgan fingerprint density at radius 1 is 1.35 bits per heavy atom. The number of halogens is 3. The van der Waals surface area contributed by atoms with Crippen molar-refractivity contribution in [3.63, 3.8) is 0 Å². The summed E-state index contributed by atoms with van der Waals surface area (Å²) in [4.78, 5) is 3.69. The number of rotatable bonds is 5. The van der Waals surface area contributed by atoms with Crippen LogP contribution in [0.15, 0.2) is 18.5 Å². The zero-order valence-corrected chi connectivity index (χ0v) is 11.6. The number of aromatic nitrogens is 1. The zero-order chi connectivity index (χ0) is 15.6. The highest BCUT2D eigenvalue weighted by atomic mass is 19.4. The summed E-state index contributed by atoms with van der Waals surface area (Å²) in [6.45, 7) is 4.95. The lowest BCUT2D eigenvalue weighted by atomic mass is 9.85. The van der Waals surface area contributed by atoms with E-state index < -0.39 is 23.4 Å². The van der Waals surface area contributed by atoms with E-state index in [9.17, 15) is 18.3 Å². The molecule has 20 heavy (non-hydrogen) atoms. The largest absolute Gasteiger partial charge is 0.489 e. The van der Waals surface area contributed by atoms with Crippen molar-refractivity contribution in [3.05, 3.63) is 24.0 Å². The van der Waals surface area contributed by atoms with Crippen molar-refractivity contribution >= 4 is 0 Å². The monoisotopic (exact) mass is 292 g/mol. The topological polar surface area (TPSA) is 68.4 Å². The summed E-state index contributed by atoms with van der Waals surface area (Å²) in [5, 5.41) is 10.1.